The van der Waals surface area contributed by atoms with Crippen molar-refractivity contribution in [1.82, 2.24) is 9.97 Å². The highest BCUT2D eigenvalue weighted by Gasteiger charge is 2.08. The maximum Gasteiger partial charge on any atom is 0.258 e. The molecule has 2 N–H and O–H groups in total. The highest BCUT2D eigenvalue weighted by atomic mass is 16.5. The molecule has 0 aliphatic carbocycles. The number of amides is 1. The van der Waals surface area contributed by atoms with E-state index in [0.717, 1.165) is 17.2 Å². The van der Waals surface area contributed by atoms with Gasteiger partial charge in [0.25, 0.3) is 5.91 Å². The first-order valence-corrected chi connectivity index (χ1v) is 9.43. The van der Waals surface area contributed by atoms with Gasteiger partial charge in [-0.15, -0.1) is 0 Å². The van der Waals surface area contributed by atoms with Crippen LogP contribution in [0.15, 0.2) is 60.9 Å². The van der Waals surface area contributed by atoms with Gasteiger partial charge in [-0.25, -0.2) is 9.97 Å². The van der Waals surface area contributed by atoms with Gasteiger partial charge in [0.05, 0.1) is 18.3 Å². The number of anilines is 3. The summed E-state index contributed by atoms with van der Waals surface area (Å²) in [7, 11) is 0. The Morgan fingerprint density at radius 2 is 1.52 bits per heavy atom. The number of carbonyl (C=O) groups is 1. The number of hydrogen-bond acceptors (Lipinski definition) is 6. The van der Waals surface area contributed by atoms with Gasteiger partial charge < -0.3 is 20.1 Å². The van der Waals surface area contributed by atoms with Gasteiger partial charge in [0.15, 0.2) is 0 Å². The van der Waals surface area contributed by atoms with Gasteiger partial charge >= 0.3 is 0 Å². The fourth-order valence-electron chi connectivity index (χ4n) is 2.53. The second-order valence-electron chi connectivity index (χ2n) is 6.52. The number of aromatic nitrogens is 2. The summed E-state index contributed by atoms with van der Waals surface area (Å²) in [5.41, 5.74) is 1.86. The lowest BCUT2D eigenvalue weighted by atomic mass is 10.2. The lowest BCUT2D eigenvalue weighted by molar-refractivity contribution is 0.102. The molecule has 0 radical (unpaired) electrons. The predicted octanol–water partition coefficient (Wildman–Crippen LogP) is 4.66. The van der Waals surface area contributed by atoms with E-state index in [1.165, 1.54) is 12.4 Å². The van der Waals surface area contributed by atoms with E-state index < -0.39 is 0 Å². The number of ether oxygens (including phenoxy) is 2. The van der Waals surface area contributed by atoms with E-state index in [-0.39, 0.29) is 12.0 Å². The molecule has 0 unspecified atom stereocenters. The molecule has 7 heteroatoms. The van der Waals surface area contributed by atoms with Crippen molar-refractivity contribution in [1.29, 1.82) is 0 Å². The fraction of sp³-hybridized carbons (Fsp3) is 0.227. The van der Waals surface area contributed by atoms with Crippen molar-refractivity contribution in [3.05, 3.63) is 66.5 Å². The number of rotatable bonds is 8. The van der Waals surface area contributed by atoms with Crippen LogP contribution in [-0.4, -0.2) is 28.6 Å². The quantitative estimate of drug-likeness (QED) is 0.580. The molecule has 7 nitrogen and oxygen atoms in total. The van der Waals surface area contributed by atoms with Crippen LogP contribution in [0.4, 0.5) is 17.3 Å². The standard InChI is InChI=1S/C22H24N4O3/c1-4-28-19-9-5-18(6-10-19)26-22-23-13-16(14-24-22)21(27)25-17-7-11-20(12-8-17)29-15(2)3/h5-15H,4H2,1-3H3,(H,25,27)(H,23,24,26). The summed E-state index contributed by atoms with van der Waals surface area (Å²) in [6, 6.07) is 14.7. The van der Waals surface area contributed by atoms with Crippen molar-refractivity contribution in [2.24, 2.45) is 0 Å². The average molecular weight is 392 g/mol. The van der Waals surface area contributed by atoms with E-state index in [9.17, 15) is 4.79 Å². The molecular weight excluding hydrogens is 368 g/mol. The molecule has 0 saturated heterocycles. The first kappa shape index (κ1) is 20.1. The normalized spacial score (nSPS) is 10.5. The third-order valence-corrected chi connectivity index (χ3v) is 3.82. The smallest absolute Gasteiger partial charge is 0.258 e. The molecule has 0 saturated carbocycles. The first-order valence-electron chi connectivity index (χ1n) is 9.43. The van der Waals surface area contributed by atoms with Gasteiger partial charge in [-0.05, 0) is 69.3 Å². The highest BCUT2D eigenvalue weighted by Crippen LogP contribution is 2.19. The van der Waals surface area contributed by atoms with Crippen LogP contribution in [-0.2, 0) is 0 Å². The highest BCUT2D eigenvalue weighted by molar-refractivity contribution is 6.03. The summed E-state index contributed by atoms with van der Waals surface area (Å²) in [4.78, 5) is 20.8. The van der Waals surface area contributed by atoms with Gasteiger partial charge in [0.1, 0.15) is 11.5 Å². The van der Waals surface area contributed by atoms with Gasteiger partial charge in [-0.2, -0.15) is 0 Å². The van der Waals surface area contributed by atoms with E-state index in [0.29, 0.717) is 23.8 Å². The molecule has 0 aliphatic heterocycles. The Bertz CT molecular complexity index is 924. The molecule has 29 heavy (non-hydrogen) atoms. The third-order valence-electron chi connectivity index (χ3n) is 3.82. The minimum Gasteiger partial charge on any atom is -0.494 e. The number of nitrogens with zero attached hydrogens (tertiary/aromatic N) is 2. The van der Waals surface area contributed by atoms with Crippen LogP contribution < -0.4 is 20.1 Å². The Hall–Kier alpha value is -3.61. The molecule has 2 aromatic carbocycles. The number of carbonyl (C=O) groups excluding carboxylic acids is 1. The largest absolute Gasteiger partial charge is 0.494 e. The van der Waals surface area contributed by atoms with Crippen molar-refractivity contribution in [2.45, 2.75) is 26.9 Å². The Labute approximate surface area is 170 Å². The Morgan fingerprint density at radius 3 is 2.10 bits per heavy atom. The summed E-state index contributed by atoms with van der Waals surface area (Å²) >= 11 is 0. The van der Waals surface area contributed by atoms with Crippen LogP contribution in [0.5, 0.6) is 11.5 Å². The second-order valence-corrected chi connectivity index (χ2v) is 6.52. The predicted molar refractivity (Wildman–Crippen MR) is 113 cm³/mol. The van der Waals surface area contributed by atoms with Gasteiger partial charge in [0.2, 0.25) is 5.95 Å². The minimum absolute atomic E-state index is 0.0994. The SMILES string of the molecule is CCOc1ccc(Nc2ncc(C(=O)Nc3ccc(OC(C)C)cc3)cn2)cc1. The third kappa shape index (κ3) is 5.93. The topological polar surface area (TPSA) is 85.4 Å². The number of nitrogens with one attached hydrogen (secondary N) is 2. The number of hydrogen-bond donors (Lipinski definition) is 2. The van der Waals surface area contributed by atoms with E-state index in [1.54, 1.807) is 12.1 Å². The molecule has 0 bridgehead atoms. The van der Waals surface area contributed by atoms with E-state index in [4.69, 9.17) is 9.47 Å². The molecule has 3 aromatic rings. The first-order chi connectivity index (χ1) is 14.0. The zero-order chi connectivity index (χ0) is 20.6. The Balaban J connectivity index is 1.58. The fourth-order valence-corrected chi connectivity index (χ4v) is 2.53. The molecule has 150 valence electrons. The Morgan fingerprint density at radius 1 is 0.931 bits per heavy atom. The maximum atomic E-state index is 12.4. The van der Waals surface area contributed by atoms with Crippen molar-refractivity contribution < 1.29 is 14.3 Å². The molecule has 1 aromatic heterocycles. The zero-order valence-electron chi connectivity index (χ0n) is 16.7. The second kappa shape index (κ2) is 9.54. The molecule has 3 rings (SSSR count). The van der Waals surface area contributed by atoms with Crippen LogP contribution in [0.2, 0.25) is 0 Å². The molecule has 1 amide bonds. The van der Waals surface area contributed by atoms with E-state index >= 15 is 0 Å². The maximum absolute atomic E-state index is 12.4. The van der Waals surface area contributed by atoms with Gasteiger partial charge in [0, 0.05) is 23.8 Å². The molecule has 0 aliphatic rings. The van der Waals surface area contributed by atoms with E-state index in [2.05, 4.69) is 20.6 Å². The van der Waals surface area contributed by atoms with Crippen LogP contribution in [0.3, 0.4) is 0 Å². The van der Waals surface area contributed by atoms with E-state index in [1.807, 2.05) is 57.2 Å². The summed E-state index contributed by atoms with van der Waals surface area (Å²) in [6.45, 7) is 6.48. The monoisotopic (exact) mass is 392 g/mol. The summed E-state index contributed by atoms with van der Waals surface area (Å²) in [5.74, 6) is 1.68. The van der Waals surface area contributed by atoms with Crippen molar-refractivity contribution in [2.75, 3.05) is 17.2 Å². The summed E-state index contributed by atoms with van der Waals surface area (Å²) in [5, 5.41) is 5.90. The molecular formula is C22H24N4O3. The van der Waals surface area contributed by atoms with Crippen molar-refractivity contribution in [3.63, 3.8) is 0 Å². The summed E-state index contributed by atoms with van der Waals surface area (Å²) in [6.07, 6.45) is 3.06. The molecule has 0 fully saturated rings. The molecule has 1 heterocycles. The molecule has 0 atom stereocenters. The minimum atomic E-state index is -0.282. The average Bonchev–Trinajstić information content (AvgIpc) is 2.71. The lowest BCUT2D eigenvalue weighted by Crippen LogP contribution is -2.13. The van der Waals surface area contributed by atoms with Crippen LogP contribution in [0.1, 0.15) is 31.1 Å². The van der Waals surface area contributed by atoms with Crippen LogP contribution >= 0.6 is 0 Å². The van der Waals surface area contributed by atoms with Gasteiger partial charge in [-0.3, -0.25) is 4.79 Å². The number of benzene rings is 2. The molecule has 0 spiro atoms. The van der Waals surface area contributed by atoms with Crippen LogP contribution in [0, 0.1) is 0 Å². The van der Waals surface area contributed by atoms with Crippen molar-refractivity contribution >= 4 is 23.2 Å². The Kier molecular flexibility index (Phi) is 6.63. The lowest BCUT2D eigenvalue weighted by Gasteiger charge is -2.11. The zero-order valence-corrected chi connectivity index (χ0v) is 16.7. The van der Waals surface area contributed by atoms with Gasteiger partial charge in [-0.1, -0.05) is 0 Å². The van der Waals surface area contributed by atoms with Crippen molar-refractivity contribution in [3.8, 4) is 11.5 Å². The summed E-state index contributed by atoms with van der Waals surface area (Å²) < 4.78 is 11.0. The van der Waals surface area contributed by atoms with Crippen LogP contribution in [0.25, 0.3) is 0 Å².